The van der Waals surface area contributed by atoms with Crippen LogP contribution in [0.15, 0.2) is 218 Å². The highest BCUT2D eigenvalue weighted by atomic mass is 15.2. The first-order valence-corrected chi connectivity index (χ1v) is 21.7. The van der Waals surface area contributed by atoms with Gasteiger partial charge in [0.2, 0.25) is 5.95 Å². The quantitative estimate of drug-likeness (QED) is 0.178. The first-order chi connectivity index (χ1) is 31.3. The van der Waals surface area contributed by atoms with Crippen LogP contribution in [-0.2, 0) is 5.41 Å². The number of benzene rings is 9. The second kappa shape index (κ2) is 12.8. The molecule has 292 valence electrons. The van der Waals surface area contributed by atoms with Crippen molar-refractivity contribution in [2.45, 2.75) is 5.41 Å². The highest BCUT2D eigenvalue weighted by Crippen LogP contribution is 2.63. The van der Waals surface area contributed by atoms with Gasteiger partial charge in [-0.15, -0.1) is 0 Å². The SMILES string of the molecule is c1ccc(-c2cc(-c3ccc4c(c3)-c3ccccc3C43c4ccccc4-c4ccccc43)nc(-n3c4ccccc4c4c3ccc3c5ccccc5n(-c5ccccc5)c34)n2)cc1. The fourth-order valence-electron chi connectivity index (χ4n) is 11.3. The predicted octanol–water partition coefficient (Wildman–Crippen LogP) is 14.3. The Morgan fingerprint density at radius 1 is 0.333 bits per heavy atom. The Kier molecular flexibility index (Phi) is 7.01. The minimum atomic E-state index is -0.403. The Bertz CT molecular complexity index is 3810. The zero-order valence-electron chi connectivity index (χ0n) is 34.1. The maximum atomic E-state index is 5.56. The van der Waals surface area contributed by atoms with Gasteiger partial charge in [-0.3, -0.25) is 4.57 Å². The molecule has 12 aromatic rings. The molecule has 0 N–H and O–H groups in total. The molecule has 0 amide bonds. The molecule has 0 aliphatic heterocycles. The topological polar surface area (TPSA) is 35.6 Å². The van der Waals surface area contributed by atoms with Gasteiger partial charge >= 0.3 is 0 Å². The van der Waals surface area contributed by atoms with Crippen LogP contribution in [0.2, 0.25) is 0 Å². The van der Waals surface area contributed by atoms with E-state index in [4.69, 9.17) is 9.97 Å². The summed E-state index contributed by atoms with van der Waals surface area (Å²) in [6.45, 7) is 0. The van der Waals surface area contributed by atoms with Crippen molar-refractivity contribution in [3.05, 3.63) is 241 Å². The molecule has 0 bridgehead atoms. The second-order valence-corrected chi connectivity index (χ2v) is 16.8. The van der Waals surface area contributed by atoms with Crippen LogP contribution in [0, 0.1) is 0 Å². The van der Waals surface area contributed by atoms with Crippen LogP contribution in [-0.4, -0.2) is 19.1 Å². The molecule has 1 spiro atoms. The highest BCUT2D eigenvalue weighted by molar-refractivity contribution is 6.26. The van der Waals surface area contributed by atoms with Gasteiger partial charge in [-0.05, 0) is 87.0 Å². The summed E-state index contributed by atoms with van der Waals surface area (Å²) in [5.41, 5.74) is 19.5. The fraction of sp³-hybridized carbons (Fsp3) is 0.0169. The molecule has 2 aliphatic rings. The van der Waals surface area contributed by atoms with Crippen molar-refractivity contribution < 1.29 is 0 Å². The van der Waals surface area contributed by atoms with Crippen LogP contribution in [0.3, 0.4) is 0 Å². The Labute approximate surface area is 363 Å². The lowest BCUT2D eigenvalue weighted by molar-refractivity contribution is 0.794. The van der Waals surface area contributed by atoms with Gasteiger partial charge in [0, 0.05) is 38.4 Å². The maximum Gasteiger partial charge on any atom is 0.235 e. The summed E-state index contributed by atoms with van der Waals surface area (Å²) in [5.74, 6) is 0.635. The molecule has 2 aliphatic carbocycles. The van der Waals surface area contributed by atoms with Crippen molar-refractivity contribution in [1.29, 1.82) is 0 Å². The lowest BCUT2D eigenvalue weighted by Gasteiger charge is -2.30. The second-order valence-electron chi connectivity index (χ2n) is 16.8. The number of para-hydroxylation sites is 3. The third-order valence-corrected chi connectivity index (χ3v) is 13.8. The summed E-state index contributed by atoms with van der Waals surface area (Å²) < 4.78 is 4.70. The van der Waals surface area contributed by atoms with Gasteiger partial charge in [0.15, 0.2) is 0 Å². The van der Waals surface area contributed by atoms with E-state index in [0.29, 0.717) is 5.95 Å². The van der Waals surface area contributed by atoms with E-state index in [9.17, 15) is 0 Å². The molecule has 0 saturated carbocycles. The molecule has 0 unspecified atom stereocenters. The zero-order valence-corrected chi connectivity index (χ0v) is 34.1. The average molecular weight is 801 g/mol. The fourth-order valence-corrected chi connectivity index (χ4v) is 11.3. The molecule has 4 nitrogen and oxygen atoms in total. The van der Waals surface area contributed by atoms with Crippen LogP contribution in [0.1, 0.15) is 22.3 Å². The molecule has 0 fully saturated rings. The lowest BCUT2D eigenvalue weighted by atomic mass is 9.70. The molecule has 14 rings (SSSR count). The Hall–Kier alpha value is -8.34. The van der Waals surface area contributed by atoms with E-state index < -0.39 is 5.41 Å². The predicted molar refractivity (Wildman–Crippen MR) is 258 cm³/mol. The molecule has 3 aromatic heterocycles. The first kappa shape index (κ1) is 34.4. The van der Waals surface area contributed by atoms with Crippen molar-refractivity contribution in [3.63, 3.8) is 0 Å². The van der Waals surface area contributed by atoms with Crippen molar-refractivity contribution in [2.24, 2.45) is 0 Å². The van der Waals surface area contributed by atoms with Crippen molar-refractivity contribution in [2.75, 3.05) is 0 Å². The number of hydrogen-bond acceptors (Lipinski definition) is 2. The summed E-state index contributed by atoms with van der Waals surface area (Å²) in [7, 11) is 0. The third kappa shape index (κ3) is 4.59. The summed E-state index contributed by atoms with van der Waals surface area (Å²) in [6.07, 6.45) is 0. The summed E-state index contributed by atoms with van der Waals surface area (Å²) in [6, 6.07) is 79.3. The largest absolute Gasteiger partial charge is 0.309 e. The van der Waals surface area contributed by atoms with E-state index in [-0.39, 0.29) is 0 Å². The van der Waals surface area contributed by atoms with Crippen LogP contribution in [0.4, 0.5) is 0 Å². The molecule has 0 radical (unpaired) electrons. The molecular formula is C59H36N4. The van der Waals surface area contributed by atoms with Gasteiger partial charge in [-0.2, -0.15) is 0 Å². The van der Waals surface area contributed by atoms with Crippen molar-refractivity contribution in [1.82, 2.24) is 19.1 Å². The zero-order chi connectivity index (χ0) is 41.2. The van der Waals surface area contributed by atoms with E-state index in [0.717, 1.165) is 44.6 Å². The molecule has 9 aromatic carbocycles. The molecule has 3 heterocycles. The number of aromatic nitrogens is 4. The minimum Gasteiger partial charge on any atom is -0.309 e. The van der Waals surface area contributed by atoms with Gasteiger partial charge in [0.05, 0.1) is 38.9 Å². The average Bonchev–Trinajstić information content (AvgIpc) is 4.06. The Balaban J connectivity index is 1.04. The van der Waals surface area contributed by atoms with E-state index >= 15 is 0 Å². The van der Waals surface area contributed by atoms with E-state index in [1.165, 1.54) is 71.7 Å². The van der Waals surface area contributed by atoms with Crippen molar-refractivity contribution in [3.8, 4) is 56.4 Å². The van der Waals surface area contributed by atoms with Gasteiger partial charge in [0.25, 0.3) is 0 Å². The number of nitrogens with zero attached hydrogens (tertiary/aromatic N) is 4. The molecule has 4 heteroatoms. The van der Waals surface area contributed by atoms with E-state index in [1.54, 1.807) is 0 Å². The third-order valence-electron chi connectivity index (χ3n) is 13.8. The van der Waals surface area contributed by atoms with Gasteiger partial charge in [-0.1, -0.05) is 176 Å². The molecule has 63 heavy (non-hydrogen) atoms. The van der Waals surface area contributed by atoms with Crippen LogP contribution >= 0.6 is 0 Å². The van der Waals surface area contributed by atoms with Gasteiger partial charge in [-0.25, -0.2) is 9.97 Å². The van der Waals surface area contributed by atoms with Crippen LogP contribution in [0.25, 0.3) is 100 Å². The van der Waals surface area contributed by atoms with Crippen LogP contribution in [0.5, 0.6) is 0 Å². The smallest absolute Gasteiger partial charge is 0.235 e. The lowest BCUT2D eigenvalue weighted by Crippen LogP contribution is -2.25. The highest BCUT2D eigenvalue weighted by Gasteiger charge is 2.51. The standard InChI is InChI=1S/C59H36N4/c1-3-17-37(18-4-1)51-36-52(38-31-33-50-46(35-38)42-23-9-14-28-49(42)59(50)47-26-12-7-21-40(47)41-22-8-13-27-48(41)59)61-58(60-51)63-54-30-16-11-25-45(54)56-55(63)34-32-44-43-24-10-15-29-53(43)62(57(44)56)39-19-5-2-6-20-39/h1-36H. The molecular weight excluding hydrogens is 765 g/mol. The number of hydrogen-bond donors (Lipinski definition) is 0. The van der Waals surface area contributed by atoms with E-state index in [1.807, 2.05) is 0 Å². The maximum absolute atomic E-state index is 5.56. The number of fused-ring (bicyclic) bond motifs is 17. The monoisotopic (exact) mass is 800 g/mol. The summed E-state index contributed by atoms with van der Waals surface area (Å²) >= 11 is 0. The van der Waals surface area contributed by atoms with Crippen molar-refractivity contribution >= 4 is 43.6 Å². The van der Waals surface area contributed by atoms with E-state index in [2.05, 4.69) is 228 Å². The Morgan fingerprint density at radius 2 is 0.857 bits per heavy atom. The molecule has 0 saturated heterocycles. The number of rotatable bonds is 4. The minimum absolute atomic E-state index is 0.403. The first-order valence-electron chi connectivity index (χ1n) is 21.7. The summed E-state index contributed by atoms with van der Waals surface area (Å²) in [5, 5.41) is 4.78. The van der Waals surface area contributed by atoms with Gasteiger partial charge < -0.3 is 4.57 Å². The van der Waals surface area contributed by atoms with Crippen LogP contribution < -0.4 is 0 Å². The molecule has 0 atom stereocenters. The summed E-state index contributed by atoms with van der Waals surface area (Å²) in [4.78, 5) is 11.0. The van der Waals surface area contributed by atoms with Gasteiger partial charge in [0.1, 0.15) is 0 Å². The normalized spacial score (nSPS) is 13.2. The Morgan fingerprint density at radius 3 is 1.54 bits per heavy atom.